The molecule has 3 heterocycles. The molecule has 1 aliphatic rings. The van der Waals surface area contributed by atoms with Gasteiger partial charge in [0.05, 0.1) is 16.4 Å². The lowest BCUT2D eigenvalue weighted by Gasteiger charge is -2.33. The van der Waals surface area contributed by atoms with Crippen molar-refractivity contribution in [3.8, 4) is 11.1 Å². The van der Waals surface area contributed by atoms with Gasteiger partial charge in [-0.1, -0.05) is 44.2 Å². The minimum atomic E-state index is -0.206. The number of likely N-dealkylation sites (tertiary alicyclic amines) is 1. The first-order chi connectivity index (χ1) is 15.9. The summed E-state index contributed by atoms with van der Waals surface area (Å²) >= 11 is 2.99. The first kappa shape index (κ1) is 24.0. The topological polar surface area (TPSA) is 78.1 Å². The van der Waals surface area contributed by atoms with Crippen LogP contribution in [0.2, 0.25) is 0 Å². The Balaban J connectivity index is 1.33. The molecule has 1 saturated heterocycles. The highest BCUT2D eigenvalue weighted by molar-refractivity contribution is 7.99. The fourth-order valence-electron chi connectivity index (χ4n) is 4.27. The van der Waals surface area contributed by atoms with Crippen LogP contribution in [0.25, 0.3) is 21.3 Å². The Labute approximate surface area is 203 Å². The number of thiophene rings is 1. The third-order valence-electron chi connectivity index (χ3n) is 5.97. The molecular weight excluding hydrogens is 452 g/mol. The third-order valence-corrected chi connectivity index (χ3v) is 8.00. The van der Waals surface area contributed by atoms with Gasteiger partial charge in [0.1, 0.15) is 10.7 Å². The molecule has 0 aliphatic carbocycles. The first-order valence-corrected chi connectivity index (χ1v) is 13.5. The number of thioether (sulfide) groups is 1. The molecule has 3 aromatic rings. The number of piperidine rings is 1. The summed E-state index contributed by atoms with van der Waals surface area (Å²) in [5.41, 5.74) is 1.80. The highest BCUT2D eigenvalue weighted by atomic mass is 32.2. The van der Waals surface area contributed by atoms with Gasteiger partial charge < -0.3 is 15.2 Å². The molecule has 1 unspecified atom stereocenters. The van der Waals surface area contributed by atoms with E-state index in [1.54, 1.807) is 0 Å². The summed E-state index contributed by atoms with van der Waals surface area (Å²) in [6.07, 6.45) is 2.01. The quantitative estimate of drug-likeness (QED) is 0.492. The number of hydrogen-bond donors (Lipinski definition) is 2. The van der Waals surface area contributed by atoms with E-state index in [0.717, 1.165) is 48.4 Å². The highest BCUT2D eigenvalue weighted by Gasteiger charge is 2.23. The van der Waals surface area contributed by atoms with E-state index >= 15 is 0 Å². The number of nitrogens with one attached hydrogen (secondary N) is 2. The van der Waals surface area contributed by atoms with Crippen molar-refractivity contribution in [2.24, 2.45) is 5.92 Å². The highest BCUT2D eigenvalue weighted by Crippen LogP contribution is 2.30. The third kappa shape index (κ3) is 6.05. The molecule has 1 aromatic carbocycles. The van der Waals surface area contributed by atoms with E-state index in [4.69, 9.17) is 0 Å². The summed E-state index contributed by atoms with van der Waals surface area (Å²) in [5.74, 6) is 1.84. The van der Waals surface area contributed by atoms with Crippen LogP contribution in [0.5, 0.6) is 0 Å². The van der Waals surface area contributed by atoms with Gasteiger partial charge in [0.25, 0.3) is 5.56 Å². The predicted octanol–water partition coefficient (Wildman–Crippen LogP) is 4.51. The van der Waals surface area contributed by atoms with Gasteiger partial charge in [0, 0.05) is 36.6 Å². The maximum atomic E-state index is 12.8. The van der Waals surface area contributed by atoms with Crippen molar-refractivity contribution >= 4 is 39.2 Å². The molecule has 0 radical (unpaired) electrons. The molecule has 6 nitrogen and oxygen atoms in total. The second-order valence-corrected chi connectivity index (χ2v) is 11.3. The Morgan fingerprint density at radius 1 is 1.24 bits per heavy atom. The van der Waals surface area contributed by atoms with Crippen LogP contribution >= 0.6 is 23.1 Å². The first-order valence-electron chi connectivity index (χ1n) is 11.6. The number of aromatic amines is 1. The van der Waals surface area contributed by atoms with Crippen LogP contribution in [0.15, 0.2) is 40.5 Å². The zero-order valence-corrected chi connectivity index (χ0v) is 21.1. The Kier molecular flexibility index (Phi) is 7.88. The lowest BCUT2D eigenvalue weighted by atomic mass is 10.0. The lowest BCUT2D eigenvalue weighted by Crippen LogP contribution is -2.47. The predicted molar refractivity (Wildman–Crippen MR) is 139 cm³/mol. The Bertz CT molecular complexity index is 1130. The van der Waals surface area contributed by atoms with Gasteiger partial charge in [-0.15, -0.1) is 23.1 Å². The molecule has 0 spiro atoms. The molecular formula is C25H32N4O2S2. The number of fused-ring (bicyclic) bond motifs is 1. The molecule has 2 N–H and O–H groups in total. The zero-order valence-electron chi connectivity index (χ0n) is 19.5. The Hall–Kier alpha value is -2.16. The number of nitrogens with zero attached hydrogens (tertiary/aromatic N) is 2. The second kappa shape index (κ2) is 10.8. The summed E-state index contributed by atoms with van der Waals surface area (Å²) in [4.78, 5) is 36.3. The minimum absolute atomic E-state index is 0.0632. The SMILES string of the molecule is CC(C)CN1CCC(NC(=O)C(C)SCc2nc3scc(-c4ccccc4)c3c(=O)[nH]2)CC1. The number of amides is 1. The molecule has 1 atom stereocenters. The van der Waals surface area contributed by atoms with Crippen molar-refractivity contribution < 1.29 is 4.79 Å². The zero-order chi connectivity index (χ0) is 23.4. The van der Waals surface area contributed by atoms with Crippen molar-refractivity contribution in [2.45, 2.75) is 50.7 Å². The summed E-state index contributed by atoms with van der Waals surface area (Å²) in [5, 5.41) is 5.63. The number of H-pyrrole nitrogens is 1. The van der Waals surface area contributed by atoms with Crippen LogP contribution in [0, 0.1) is 5.92 Å². The molecule has 1 amide bonds. The van der Waals surface area contributed by atoms with Crippen LogP contribution in [-0.2, 0) is 10.5 Å². The standard InChI is InChI=1S/C25H32N4O2S2/c1-16(2)13-29-11-9-19(10-12-29)26-23(30)17(3)32-15-21-27-24(31)22-20(14-33-25(22)28-21)18-7-5-4-6-8-18/h4-8,14,16-17,19H,9-13,15H2,1-3H3,(H,26,30)(H,27,28,31). The van der Waals surface area contributed by atoms with E-state index in [2.05, 4.69) is 34.0 Å². The number of aromatic nitrogens is 2. The molecule has 4 rings (SSSR count). The Morgan fingerprint density at radius 2 is 1.97 bits per heavy atom. The molecule has 2 aromatic heterocycles. The molecule has 1 aliphatic heterocycles. The molecule has 176 valence electrons. The van der Waals surface area contributed by atoms with Crippen LogP contribution < -0.4 is 10.9 Å². The average molecular weight is 485 g/mol. The molecule has 0 bridgehead atoms. The van der Waals surface area contributed by atoms with Gasteiger partial charge >= 0.3 is 0 Å². The van der Waals surface area contributed by atoms with E-state index in [9.17, 15) is 9.59 Å². The number of rotatable bonds is 8. The van der Waals surface area contributed by atoms with E-state index in [1.165, 1.54) is 23.1 Å². The van der Waals surface area contributed by atoms with E-state index in [1.807, 2.05) is 42.6 Å². The van der Waals surface area contributed by atoms with Crippen LogP contribution in [0.3, 0.4) is 0 Å². The fraction of sp³-hybridized carbons (Fsp3) is 0.480. The van der Waals surface area contributed by atoms with Crippen LogP contribution in [0.4, 0.5) is 0 Å². The van der Waals surface area contributed by atoms with Crippen molar-refractivity contribution in [1.82, 2.24) is 20.2 Å². The lowest BCUT2D eigenvalue weighted by molar-refractivity contribution is -0.121. The largest absolute Gasteiger partial charge is 0.352 e. The van der Waals surface area contributed by atoms with Gasteiger partial charge in [-0.3, -0.25) is 9.59 Å². The van der Waals surface area contributed by atoms with Crippen LogP contribution in [-0.4, -0.2) is 51.7 Å². The van der Waals surface area contributed by atoms with Gasteiger partial charge in [-0.2, -0.15) is 0 Å². The van der Waals surface area contributed by atoms with Gasteiger partial charge in [-0.05, 0) is 31.2 Å². The summed E-state index contributed by atoms with van der Waals surface area (Å²) in [6.45, 7) is 9.62. The monoisotopic (exact) mass is 484 g/mol. The van der Waals surface area contributed by atoms with Crippen molar-refractivity contribution in [3.63, 3.8) is 0 Å². The van der Waals surface area contributed by atoms with Gasteiger partial charge in [-0.25, -0.2) is 4.98 Å². The van der Waals surface area contributed by atoms with Crippen molar-refractivity contribution in [2.75, 3.05) is 19.6 Å². The number of carbonyl (C=O) groups is 1. The fourth-order valence-corrected chi connectivity index (χ4v) is 6.00. The summed E-state index contributed by atoms with van der Waals surface area (Å²) in [6, 6.07) is 10.1. The number of hydrogen-bond acceptors (Lipinski definition) is 6. The Morgan fingerprint density at radius 3 is 2.67 bits per heavy atom. The van der Waals surface area contributed by atoms with Crippen molar-refractivity contribution in [1.29, 1.82) is 0 Å². The molecule has 8 heteroatoms. The normalized spacial score (nSPS) is 16.4. The van der Waals surface area contributed by atoms with Crippen LogP contribution in [0.1, 0.15) is 39.4 Å². The van der Waals surface area contributed by atoms with Gasteiger partial charge in [0.15, 0.2) is 0 Å². The molecule has 1 fully saturated rings. The maximum Gasteiger partial charge on any atom is 0.260 e. The van der Waals surface area contributed by atoms with E-state index < -0.39 is 0 Å². The minimum Gasteiger partial charge on any atom is -0.352 e. The average Bonchev–Trinajstić information content (AvgIpc) is 3.23. The van der Waals surface area contributed by atoms with E-state index in [-0.39, 0.29) is 22.8 Å². The van der Waals surface area contributed by atoms with Gasteiger partial charge in [0.2, 0.25) is 5.91 Å². The summed E-state index contributed by atoms with van der Waals surface area (Å²) < 4.78 is 0. The molecule has 0 saturated carbocycles. The van der Waals surface area contributed by atoms with E-state index in [0.29, 0.717) is 22.9 Å². The number of carbonyl (C=O) groups excluding carboxylic acids is 1. The number of benzene rings is 1. The molecule has 33 heavy (non-hydrogen) atoms. The maximum absolute atomic E-state index is 12.8. The van der Waals surface area contributed by atoms with Crippen molar-refractivity contribution in [3.05, 3.63) is 51.9 Å². The second-order valence-electron chi connectivity index (χ2n) is 9.14. The summed E-state index contributed by atoms with van der Waals surface area (Å²) in [7, 11) is 0. The smallest absolute Gasteiger partial charge is 0.260 e.